The second-order valence-corrected chi connectivity index (χ2v) is 6.41. The van der Waals surface area contributed by atoms with Crippen LogP contribution in [0.2, 0.25) is 0 Å². The molecule has 1 fully saturated rings. The van der Waals surface area contributed by atoms with Gasteiger partial charge in [-0.05, 0) is 29.1 Å². The van der Waals surface area contributed by atoms with E-state index in [0.717, 1.165) is 13.0 Å². The summed E-state index contributed by atoms with van der Waals surface area (Å²) in [6.07, 6.45) is -6.19. The molecule has 1 aliphatic heterocycles. The molecule has 0 aromatic carbocycles. The second-order valence-electron chi connectivity index (χ2n) is 6.41. The highest BCUT2D eigenvalue weighted by Gasteiger charge is 2.49. The Labute approximate surface area is 168 Å². The van der Waals surface area contributed by atoms with Gasteiger partial charge in [-0.3, -0.25) is 4.79 Å². The zero-order chi connectivity index (χ0) is 22.3. The van der Waals surface area contributed by atoms with Crippen LogP contribution in [0.3, 0.4) is 0 Å². The van der Waals surface area contributed by atoms with Gasteiger partial charge in [-0.2, -0.15) is 0 Å². The highest BCUT2D eigenvalue weighted by Crippen LogP contribution is 2.33. The van der Waals surface area contributed by atoms with E-state index in [-0.39, 0.29) is 12.2 Å². The molecule has 16 heteroatoms. The maximum absolute atomic E-state index is 11.4. The predicted molar refractivity (Wildman–Crippen MR) is 95.9 cm³/mol. The number of carbonyl (C=O) groups excluding carboxylic acids is 1. The minimum atomic E-state index is -1.63. The van der Waals surface area contributed by atoms with Gasteiger partial charge in [0.25, 0.3) is 0 Å². The third kappa shape index (κ3) is 5.23. The average molecular weight is 425 g/mol. The molecule has 0 aromatic rings. The normalized spacial score (nSPS) is 35.4. The van der Waals surface area contributed by atoms with Crippen molar-refractivity contribution in [3.05, 3.63) is 43.2 Å². The summed E-state index contributed by atoms with van der Waals surface area (Å²) < 4.78 is 16.1. The molecule has 1 saturated carbocycles. The Kier molecular flexibility index (Phi) is 8.09. The van der Waals surface area contributed by atoms with Crippen LogP contribution in [0.15, 0.2) is 27.2 Å². The first-order valence-corrected chi connectivity index (χ1v) is 8.65. The number of rotatable bonds is 7. The van der Waals surface area contributed by atoms with Crippen LogP contribution in [0.5, 0.6) is 0 Å². The molecule has 0 bridgehead atoms. The monoisotopic (exact) mass is 425 g/mol. The Morgan fingerprint density at radius 2 is 1.77 bits per heavy atom. The van der Waals surface area contributed by atoms with Gasteiger partial charge in [-0.15, -0.1) is 0 Å². The molecular weight excluding hydrogens is 406 g/mol. The van der Waals surface area contributed by atoms with Gasteiger partial charge in [0.1, 0.15) is 30.6 Å². The smallest absolute Gasteiger partial charge is 0.303 e. The minimum Gasteiger partial charge on any atom is -0.466 e. The lowest BCUT2D eigenvalue weighted by atomic mass is 9.84. The molecule has 3 unspecified atom stereocenters. The third-order valence-corrected chi connectivity index (χ3v) is 4.50. The minimum absolute atomic E-state index is 0.0778. The van der Waals surface area contributed by atoms with Crippen molar-refractivity contribution >= 4 is 5.97 Å². The lowest BCUT2D eigenvalue weighted by molar-refractivity contribution is -0.229. The van der Waals surface area contributed by atoms with Crippen LogP contribution in [0.1, 0.15) is 13.3 Å². The third-order valence-electron chi connectivity index (χ3n) is 4.50. The molecule has 2 aliphatic rings. The Bertz CT molecular complexity index is 819. The fraction of sp³-hybridized carbons (Fsp3) is 0.786. The molecule has 0 aromatic heterocycles. The molecular formula is C14H19N9O7. The van der Waals surface area contributed by atoms with Gasteiger partial charge in [-0.1, -0.05) is 15.3 Å². The standard InChI is InChI=1S/C14H19N9O7/c1-5(25)28-12-7(18-21-15)3-8(19-22-16)13(11(12)27)30-14-10(20-23-17)9(26)2-6(4-24)29-14/h2,7-14,24,26-27H,3-4H2,1H3/t7-,8?,9+,10?,11-,12?,13-,14-/m1/s1. The van der Waals surface area contributed by atoms with Crippen molar-refractivity contribution in [1.82, 2.24) is 0 Å². The van der Waals surface area contributed by atoms with E-state index in [4.69, 9.17) is 30.8 Å². The van der Waals surface area contributed by atoms with E-state index in [0.29, 0.717) is 0 Å². The van der Waals surface area contributed by atoms with Crippen LogP contribution < -0.4 is 0 Å². The zero-order valence-corrected chi connectivity index (χ0v) is 15.6. The van der Waals surface area contributed by atoms with Crippen LogP contribution >= 0.6 is 0 Å². The first-order valence-electron chi connectivity index (χ1n) is 8.65. The number of hydrogen-bond donors (Lipinski definition) is 3. The predicted octanol–water partition coefficient (Wildman–Crippen LogP) is 0.698. The van der Waals surface area contributed by atoms with E-state index in [9.17, 15) is 20.1 Å². The molecule has 1 aliphatic carbocycles. The lowest BCUT2D eigenvalue weighted by Gasteiger charge is -2.43. The van der Waals surface area contributed by atoms with Crippen molar-refractivity contribution in [1.29, 1.82) is 0 Å². The fourth-order valence-electron chi connectivity index (χ4n) is 3.27. The molecule has 3 N–H and O–H groups in total. The molecule has 30 heavy (non-hydrogen) atoms. The Balaban J connectivity index is 2.38. The van der Waals surface area contributed by atoms with E-state index in [1.807, 2.05) is 0 Å². The molecule has 0 spiro atoms. The molecule has 0 radical (unpaired) electrons. The van der Waals surface area contributed by atoms with Gasteiger partial charge in [0.2, 0.25) is 6.29 Å². The van der Waals surface area contributed by atoms with Gasteiger partial charge in [0, 0.05) is 21.7 Å². The molecule has 0 amide bonds. The average Bonchev–Trinajstić information content (AvgIpc) is 2.70. The molecule has 8 atom stereocenters. The summed E-state index contributed by atoms with van der Waals surface area (Å²) in [7, 11) is 0. The van der Waals surface area contributed by atoms with Crippen LogP contribution in [0.25, 0.3) is 31.3 Å². The SMILES string of the molecule is CC(=O)OC1[C@@H](O)[C@H](O[C@H]2OC(CO)=C[C@H](O)C2N=[N+]=[N-])C(N=[N+]=[N-])C[C@H]1N=[N+]=[N-]. The van der Waals surface area contributed by atoms with Gasteiger partial charge in [-0.25, -0.2) is 0 Å². The molecule has 162 valence electrons. The Morgan fingerprint density at radius 3 is 2.30 bits per heavy atom. The maximum atomic E-state index is 11.4. The lowest BCUT2D eigenvalue weighted by Crippen LogP contribution is -2.59. The number of ether oxygens (including phenoxy) is 3. The van der Waals surface area contributed by atoms with E-state index in [1.54, 1.807) is 0 Å². The number of esters is 1. The number of nitrogens with zero attached hydrogens (tertiary/aromatic N) is 9. The van der Waals surface area contributed by atoms with Crippen LogP contribution in [-0.2, 0) is 19.0 Å². The summed E-state index contributed by atoms with van der Waals surface area (Å²) in [6, 6.07) is -3.45. The van der Waals surface area contributed by atoms with E-state index >= 15 is 0 Å². The molecule has 1 heterocycles. The second kappa shape index (κ2) is 10.5. The van der Waals surface area contributed by atoms with E-state index < -0.39 is 61.4 Å². The van der Waals surface area contributed by atoms with Crippen molar-refractivity contribution in [3.63, 3.8) is 0 Å². The molecule has 0 saturated heterocycles. The first-order chi connectivity index (χ1) is 14.4. The Hall–Kier alpha value is -3.22. The highest BCUT2D eigenvalue weighted by molar-refractivity contribution is 5.66. The van der Waals surface area contributed by atoms with Crippen molar-refractivity contribution in [2.45, 2.75) is 62.2 Å². The van der Waals surface area contributed by atoms with Gasteiger partial charge in [0.05, 0.1) is 24.3 Å². The van der Waals surface area contributed by atoms with Crippen LogP contribution in [0.4, 0.5) is 0 Å². The molecule has 16 nitrogen and oxygen atoms in total. The largest absolute Gasteiger partial charge is 0.466 e. The first kappa shape index (κ1) is 23.1. The summed E-state index contributed by atoms with van der Waals surface area (Å²) in [5, 5.41) is 40.6. The van der Waals surface area contributed by atoms with Crippen molar-refractivity contribution in [2.24, 2.45) is 15.3 Å². The quantitative estimate of drug-likeness (QED) is 0.227. The topological polar surface area (TPSA) is 252 Å². The highest BCUT2D eigenvalue weighted by atomic mass is 16.7. The summed E-state index contributed by atoms with van der Waals surface area (Å²) >= 11 is 0. The van der Waals surface area contributed by atoms with E-state index in [1.165, 1.54) is 0 Å². The van der Waals surface area contributed by atoms with Crippen molar-refractivity contribution in [3.8, 4) is 0 Å². The van der Waals surface area contributed by atoms with Crippen molar-refractivity contribution in [2.75, 3.05) is 6.61 Å². The number of hydrogen-bond acceptors (Lipinski definition) is 10. The number of aliphatic hydroxyl groups excluding tert-OH is 3. The summed E-state index contributed by atoms with van der Waals surface area (Å²) in [4.78, 5) is 19.4. The van der Waals surface area contributed by atoms with Gasteiger partial charge in [0.15, 0.2) is 0 Å². The van der Waals surface area contributed by atoms with Crippen LogP contribution in [-0.4, -0.2) is 76.7 Å². The van der Waals surface area contributed by atoms with Crippen molar-refractivity contribution < 1.29 is 34.3 Å². The van der Waals surface area contributed by atoms with Crippen LogP contribution in [0, 0.1) is 0 Å². The summed E-state index contributed by atoms with van der Waals surface area (Å²) in [5.41, 5.74) is 26.4. The summed E-state index contributed by atoms with van der Waals surface area (Å²) in [5.74, 6) is -0.842. The summed E-state index contributed by atoms with van der Waals surface area (Å²) in [6.45, 7) is 0.494. The zero-order valence-electron chi connectivity index (χ0n) is 15.6. The number of azide groups is 3. The number of aliphatic hydroxyl groups is 3. The van der Waals surface area contributed by atoms with Gasteiger partial charge >= 0.3 is 5.97 Å². The van der Waals surface area contributed by atoms with E-state index in [2.05, 4.69) is 30.1 Å². The van der Waals surface area contributed by atoms with Gasteiger partial charge < -0.3 is 29.5 Å². The Morgan fingerprint density at radius 1 is 1.17 bits per heavy atom. The maximum Gasteiger partial charge on any atom is 0.303 e. The molecule has 2 rings (SSSR count). The number of carbonyl (C=O) groups is 1. The fourth-order valence-corrected chi connectivity index (χ4v) is 3.27.